The van der Waals surface area contributed by atoms with Crippen LogP contribution in [0.3, 0.4) is 0 Å². The van der Waals surface area contributed by atoms with Crippen LogP contribution < -0.4 is 0 Å². The minimum absolute atomic E-state index is 0.000525. The zero-order valence-electron chi connectivity index (χ0n) is 14.7. The van der Waals surface area contributed by atoms with Crippen LogP contribution in [0.25, 0.3) is 0 Å². The van der Waals surface area contributed by atoms with Crippen molar-refractivity contribution in [2.75, 3.05) is 6.54 Å². The molecular weight excluding hydrogens is 396 g/mol. The molecule has 8 heteroatoms. The third kappa shape index (κ3) is 3.17. The van der Waals surface area contributed by atoms with Gasteiger partial charge in [-0.25, -0.2) is 13.6 Å². The number of nitrogens with zero attached hydrogens (tertiary/aromatic N) is 3. The van der Waals surface area contributed by atoms with Crippen LogP contribution in [0, 0.1) is 10.8 Å². The molecule has 1 unspecified atom stereocenters. The lowest BCUT2D eigenvalue weighted by Crippen LogP contribution is -2.71. The highest BCUT2D eigenvalue weighted by molar-refractivity contribution is 9.10. The van der Waals surface area contributed by atoms with Gasteiger partial charge in [0.1, 0.15) is 5.69 Å². The molecule has 2 fully saturated rings. The lowest BCUT2D eigenvalue weighted by Gasteiger charge is -2.63. The number of rotatable bonds is 2. The molecule has 1 aromatic rings. The Morgan fingerprint density at radius 3 is 2.44 bits per heavy atom. The Hall–Kier alpha value is -1.18. The van der Waals surface area contributed by atoms with Crippen molar-refractivity contribution in [1.82, 2.24) is 14.7 Å². The normalized spacial score (nSPS) is 30.0. The molecule has 3 rings (SSSR count). The fraction of sp³-hybridized carbons (Fsp3) is 0.765. The van der Waals surface area contributed by atoms with Crippen molar-refractivity contribution in [3.8, 4) is 0 Å². The van der Waals surface area contributed by atoms with Crippen molar-refractivity contribution in [2.45, 2.75) is 65.0 Å². The van der Waals surface area contributed by atoms with Gasteiger partial charge in [-0.1, -0.05) is 20.8 Å². The average molecular weight is 420 g/mol. The molecule has 140 valence electrons. The molecule has 25 heavy (non-hydrogen) atoms. The molecule has 1 atom stereocenters. The van der Waals surface area contributed by atoms with Crippen molar-refractivity contribution in [3.05, 3.63) is 16.4 Å². The van der Waals surface area contributed by atoms with Crippen molar-refractivity contribution in [2.24, 2.45) is 10.8 Å². The number of likely N-dealkylation sites (tertiary alicyclic amines) is 1. The van der Waals surface area contributed by atoms with E-state index in [0.29, 0.717) is 11.0 Å². The van der Waals surface area contributed by atoms with Crippen molar-refractivity contribution in [3.63, 3.8) is 0 Å². The van der Waals surface area contributed by atoms with E-state index in [2.05, 4.69) is 41.8 Å². The van der Waals surface area contributed by atoms with Crippen LogP contribution in [-0.2, 0) is 0 Å². The van der Waals surface area contributed by atoms with E-state index in [1.165, 1.54) is 0 Å². The maximum Gasteiger partial charge on any atom is 0.407 e. The first-order chi connectivity index (χ1) is 11.5. The Kier molecular flexibility index (Phi) is 4.62. The van der Waals surface area contributed by atoms with E-state index in [4.69, 9.17) is 0 Å². The van der Waals surface area contributed by atoms with Crippen LogP contribution in [0.1, 0.15) is 64.6 Å². The number of amides is 1. The molecule has 1 N–H and O–H groups in total. The van der Waals surface area contributed by atoms with Gasteiger partial charge < -0.3 is 10.0 Å². The maximum atomic E-state index is 12.9. The first-order valence-electron chi connectivity index (χ1n) is 8.57. The van der Waals surface area contributed by atoms with E-state index in [-0.39, 0.29) is 28.6 Å². The minimum atomic E-state index is -2.59. The van der Waals surface area contributed by atoms with Crippen LogP contribution in [0.2, 0.25) is 0 Å². The van der Waals surface area contributed by atoms with E-state index < -0.39 is 12.5 Å². The monoisotopic (exact) mass is 419 g/mol. The highest BCUT2D eigenvalue weighted by Crippen LogP contribution is 2.56. The van der Waals surface area contributed by atoms with Crippen LogP contribution in [0.4, 0.5) is 13.6 Å². The number of hydrogen-bond donors (Lipinski definition) is 1. The molecule has 1 aliphatic heterocycles. The summed E-state index contributed by atoms with van der Waals surface area (Å²) in [6.07, 6.45) is 1.64. The van der Waals surface area contributed by atoms with Crippen LogP contribution in [-0.4, -0.2) is 38.5 Å². The second-order valence-electron chi connectivity index (χ2n) is 8.42. The SMILES string of the molecule is CC(C)(C)C1N(C(=O)O)CC12CCC(n1cc(Br)c(C(F)F)n1)CC2. The summed E-state index contributed by atoms with van der Waals surface area (Å²) in [6.45, 7) is 6.82. The van der Waals surface area contributed by atoms with Gasteiger partial charge in [-0.3, -0.25) is 4.68 Å². The van der Waals surface area contributed by atoms with E-state index in [9.17, 15) is 18.7 Å². The van der Waals surface area contributed by atoms with E-state index in [1.54, 1.807) is 15.8 Å². The number of hydrogen-bond acceptors (Lipinski definition) is 2. The second kappa shape index (κ2) is 6.21. The van der Waals surface area contributed by atoms with Crippen LogP contribution in [0.15, 0.2) is 10.7 Å². The van der Waals surface area contributed by atoms with Gasteiger partial charge in [0.2, 0.25) is 0 Å². The fourth-order valence-electron chi connectivity index (χ4n) is 4.89. The van der Waals surface area contributed by atoms with Gasteiger partial charge in [0.05, 0.1) is 10.5 Å². The molecule has 1 aliphatic carbocycles. The van der Waals surface area contributed by atoms with Gasteiger partial charge in [0, 0.05) is 24.2 Å². The van der Waals surface area contributed by atoms with Gasteiger partial charge >= 0.3 is 6.09 Å². The molecule has 1 saturated carbocycles. The summed E-state index contributed by atoms with van der Waals surface area (Å²) in [6, 6.07) is 0.0911. The maximum absolute atomic E-state index is 12.9. The Bertz CT molecular complexity index is 663. The topological polar surface area (TPSA) is 58.4 Å². The molecular formula is C17H24BrF2N3O2. The first kappa shape index (κ1) is 18.6. The summed E-state index contributed by atoms with van der Waals surface area (Å²) in [7, 11) is 0. The number of halogens is 3. The lowest BCUT2D eigenvalue weighted by atomic mass is 9.55. The van der Waals surface area contributed by atoms with Gasteiger partial charge in [-0.15, -0.1) is 0 Å². The average Bonchev–Trinajstić information content (AvgIpc) is 2.85. The molecule has 2 aliphatic rings. The minimum Gasteiger partial charge on any atom is -0.465 e. The Morgan fingerprint density at radius 1 is 1.40 bits per heavy atom. The van der Waals surface area contributed by atoms with Gasteiger partial charge in [0.15, 0.2) is 0 Å². The predicted octanol–water partition coefficient (Wildman–Crippen LogP) is 5.09. The predicted molar refractivity (Wildman–Crippen MR) is 92.8 cm³/mol. The molecule has 1 spiro atoms. The highest BCUT2D eigenvalue weighted by Gasteiger charge is 2.59. The highest BCUT2D eigenvalue weighted by atomic mass is 79.9. The smallest absolute Gasteiger partial charge is 0.407 e. The van der Waals surface area contributed by atoms with E-state index >= 15 is 0 Å². The van der Waals surface area contributed by atoms with Crippen LogP contribution >= 0.6 is 15.9 Å². The standard InChI is InChI=1S/C17H24BrF2N3O2/c1-16(2,3)14-17(9-22(14)15(24)25)6-4-10(5-7-17)23-8-11(18)12(21-23)13(19)20/h8,10,13-14H,4-7,9H2,1-3H3,(H,24,25). The third-order valence-corrected chi connectivity index (χ3v) is 6.30. The Morgan fingerprint density at radius 2 is 2.00 bits per heavy atom. The van der Waals surface area contributed by atoms with Gasteiger partial charge in [-0.2, -0.15) is 5.10 Å². The summed E-state index contributed by atoms with van der Waals surface area (Å²) in [5, 5.41) is 13.5. The Labute approximate surface area is 154 Å². The summed E-state index contributed by atoms with van der Waals surface area (Å²) >= 11 is 3.16. The van der Waals surface area contributed by atoms with Crippen molar-refractivity contribution >= 4 is 22.0 Å². The second-order valence-corrected chi connectivity index (χ2v) is 9.27. The third-order valence-electron chi connectivity index (χ3n) is 5.69. The summed E-state index contributed by atoms with van der Waals surface area (Å²) in [4.78, 5) is 13.0. The first-order valence-corrected chi connectivity index (χ1v) is 9.37. The number of carboxylic acid groups (broad SMARTS) is 1. The number of aromatic nitrogens is 2. The molecule has 5 nitrogen and oxygen atoms in total. The molecule has 0 aromatic carbocycles. The number of carbonyl (C=O) groups is 1. The summed E-state index contributed by atoms with van der Waals surface area (Å²) in [5.74, 6) is 0. The van der Waals surface area contributed by atoms with Gasteiger partial charge in [-0.05, 0) is 47.0 Å². The summed E-state index contributed by atoms with van der Waals surface area (Å²) < 4.78 is 27.9. The van der Waals surface area contributed by atoms with Gasteiger partial charge in [0.25, 0.3) is 6.43 Å². The number of alkyl halides is 2. The molecule has 1 amide bonds. The molecule has 1 aromatic heterocycles. The van der Waals surface area contributed by atoms with Crippen molar-refractivity contribution < 1.29 is 18.7 Å². The zero-order valence-corrected chi connectivity index (χ0v) is 16.3. The fourth-order valence-corrected chi connectivity index (χ4v) is 5.35. The van der Waals surface area contributed by atoms with E-state index in [1.807, 2.05) is 0 Å². The quantitative estimate of drug-likeness (QED) is 0.725. The summed E-state index contributed by atoms with van der Waals surface area (Å²) in [5.41, 5.74) is -0.335. The van der Waals surface area contributed by atoms with Crippen LogP contribution in [0.5, 0.6) is 0 Å². The Balaban J connectivity index is 1.73. The van der Waals surface area contributed by atoms with Crippen molar-refractivity contribution in [1.29, 1.82) is 0 Å². The molecule has 0 bridgehead atoms. The molecule has 1 saturated heterocycles. The molecule has 0 radical (unpaired) electrons. The van der Waals surface area contributed by atoms with E-state index in [0.717, 1.165) is 25.7 Å². The molecule has 2 heterocycles. The largest absolute Gasteiger partial charge is 0.465 e. The lowest BCUT2D eigenvalue weighted by molar-refractivity contribution is -0.130. The zero-order chi connectivity index (χ0) is 18.6.